The highest BCUT2D eigenvalue weighted by molar-refractivity contribution is 8.23. The average molecular weight is 341 g/mol. The molecule has 1 saturated heterocycles. The molecule has 1 aliphatic rings. The maximum absolute atomic E-state index is 10.5. The standard InChI is InChI=1S/C16H23NO3S2/c1-9-10(2)14(20-6)12(11(3)13(9)19-5)7-17-15(21)22-8-16(17,4)18/h18H,7-8H2,1-6H3. The van der Waals surface area contributed by atoms with E-state index >= 15 is 0 Å². The molecule has 1 aliphatic heterocycles. The number of hydrogen-bond donors (Lipinski definition) is 1. The van der Waals surface area contributed by atoms with Crippen molar-refractivity contribution in [1.29, 1.82) is 0 Å². The van der Waals surface area contributed by atoms with E-state index in [0.717, 1.165) is 33.8 Å². The largest absolute Gasteiger partial charge is 0.496 e. The summed E-state index contributed by atoms with van der Waals surface area (Å²) in [5.41, 5.74) is 3.22. The molecular formula is C16H23NO3S2. The van der Waals surface area contributed by atoms with Crippen molar-refractivity contribution in [3.8, 4) is 11.5 Å². The quantitative estimate of drug-likeness (QED) is 0.849. The van der Waals surface area contributed by atoms with Gasteiger partial charge in [0.1, 0.15) is 21.5 Å². The van der Waals surface area contributed by atoms with Crippen LogP contribution in [0, 0.1) is 20.8 Å². The Hall–Kier alpha value is -0.980. The van der Waals surface area contributed by atoms with Gasteiger partial charge in [0.15, 0.2) is 0 Å². The van der Waals surface area contributed by atoms with Gasteiger partial charge in [0, 0.05) is 11.3 Å². The van der Waals surface area contributed by atoms with Crippen LogP contribution in [0.4, 0.5) is 0 Å². The predicted octanol–water partition coefficient (Wildman–Crippen LogP) is 3.17. The maximum atomic E-state index is 10.5. The molecule has 6 heteroatoms. The van der Waals surface area contributed by atoms with Crippen LogP contribution in [0.1, 0.15) is 29.2 Å². The number of thiocarbonyl (C=S) groups is 1. The number of aliphatic hydroxyl groups is 1. The fraction of sp³-hybridized carbons (Fsp3) is 0.562. The summed E-state index contributed by atoms with van der Waals surface area (Å²) in [5.74, 6) is 2.28. The van der Waals surface area contributed by atoms with Crippen LogP contribution in [0.25, 0.3) is 0 Å². The van der Waals surface area contributed by atoms with Crippen LogP contribution in [0.2, 0.25) is 0 Å². The molecule has 0 spiro atoms. The first kappa shape index (κ1) is 17.4. The monoisotopic (exact) mass is 341 g/mol. The van der Waals surface area contributed by atoms with Crippen molar-refractivity contribution in [2.75, 3.05) is 20.0 Å². The Morgan fingerprint density at radius 1 is 1.14 bits per heavy atom. The minimum Gasteiger partial charge on any atom is -0.496 e. The van der Waals surface area contributed by atoms with Gasteiger partial charge in [-0.2, -0.15) is 0 Å². The molecule has 1 unspecified atom stereocenters. The lowest BCUT2D eigenvalue weighted by atomic mass is 9.96. The van der Waals surface area contributed by atoms with Crippen molar-refractivity contribution in [1.82, 2.24) is 4.90 Å². The van der Waals surface area contributed by atoms with Gasteiger partial charge in [0.05, 0.1) is 20.8 Å². The zero-order valence-electron chi connectivity index (χ0n) is 13.9. The van der Waals surface area contributed by atoms with Crippen LogP contribution in [0.15, 0.2) is 0 Å². The third kappa shape index (κ3) is 2.79. The van der Waals surface area contributed by atoms with Gasteiger partial charge >= 0.3 is 0 Å². The number of benzene rings is 1. The first-order valence-electron chi connectivity index (χ1n) is 7.12. The second kappa shape index (κ2) is 6.26. The lowest BCUT2D eigenvalue weighted by molar-refractivity contribution is -0.0274. The minimum absolute atomic E-state index is 0.505. The van der Waals surface area contributed by atoms with E-state index in [1.54, 1.807) is 21.1 Å². The first-order valence-corrected chi connectivity index (χ1v) is 8.51. The molecule has 1 aromatic rings. The molecule has 0 amide bonds. The van der Waals surface area contributed by atoms with Gasteiger partial charge in [0.2, 0.25) is 0 Å². The van der Waals surface area contributed by atoms with Gasteiger partial charge in [0.25, 0.3) is 0 Å². The van der Waals surface area contributed by atoms with E-state index in [9.17, 15) is 5.11 Å². The Morgan fingerprint density at radius 2 is 1.68 bits per heavy atom. The molecule has 0 saturated carbocycles. The molecule has 1 N–H and O–H groups in total. The topological polar surface area (TPSA) is 41.9 Å². The molecule has 4 nitrogen and oxygen atoms in total. The first-order chi connectivity index (χ1) is 10.2. The Balaban J connectivity index is 2.55. The fourth-order valence-corrected chi connectivity index (χ4v) is 4.28. The zero-order valence-corrected chi connectivity index (χ0v) is 15.6. The summed E-state index contributed by atoms with van der Waals surface area (Å²) < 4.78 is 11.9. The Bertz CT molecular complexity index is 614. The summed E-state index contributed by atoms with van der Waals surface area (Å²) in [5, 5.41) is 10.5. The molecule has 22 heavy (non-hydrogen) atoms. The Morgan fingerprint density at radius 3 is 2.14 bits per heavy atom. The van der Waals surface area contributed by atoms with Crippen LogP contribution in [-0.4, -0.2) is 40.0 Å². The molecule has 2 rings (SSSR count). The highest BCUT2D eigenvalue weighted by atomic mass is 32.2. The lowest BCUT2D eigenvalue weighted by Gasteiger charge is -2.32. The molecule has 1 heterocycles. The summed E-state index contributed by atoms with van der Waals surface area (Å²) in [4.78, 5) is 1.85. The summed E-state index contributed by atoms with van der Waals surface area (Å²) in [7, 11) is 3.35. The van der Waals surface area contributed by atoms with Gasteiger partial charge < -0.3 is 19.5 Å². The number of hydrogen-bond acceptors (Lipinski definition) is 5. The van der Waals surface area contributed by atoms with Crippen LogP contribution >= 0.6 is 24.0 Å². The van der Waals surface area contributed by atoms with E-state index in [0.29, 0.717) is 16.6 Å². The molecule has 0 aliphatic carbocycles. The van der Waals surface area contributed by atoms with Crippen LogP contribution < -0.4 is 9.47 Å². The van der Waals surface area contributed by atoms with Crippen molar-refractivity contribution in [2.45, 2.75) is 40.0 Å². The van der Waals surface area contributed by atoms with Crippen molar-refractivity contribution in [3.05, 3.63) is 22.3 Å². The third-order valence-electron chi connectivity index (χ3n) is 4.31. The average Bonchev–Trinajstić information content (AvgIpc) is 2.72. The molecule has 1 aromatic carbocycles. The van der Waals surface area contributed by atoms with Crippen molar-refractivity contribution in [2.24, 2.45) is 0 Å². The fourth-order valence-electron chi connectivity index (χ4n) is 2.87. The molecule has 0 bridgehead atoms. The second-order valence-electron chi connectivity index (χ2n) is 5.78. The molecule has 1 fully saturated rings. The van der Waals surface area contributed by atoms with E-state index < -0.39 is 5.72 Å². The smallest absolute Gasteiger partial charge is 0.145 e. The van der Waals surface area contributed by atoms with E-state index in [4.69, 9.17) is 21.7 Å². The van der Waals surface area contributed by atoms with Gasteiger partial charge in [-0.25, -0.2) is 0 Å². The SMILES string of the molecule is COc1c(C)c(C)c(OC)c(CN2C(=S)SCC2(C)O)c1C. The van der Waals surface area contributed by atoms with Crippen LogP contribution in [0.5, 0.6) is 11.5 Å². The second-order valence-corrected chi connectivity index (χ2v) is 7.39. The zero-order chi connectivity index (χ0) is 16.7. The summed E-state index contributed by atoms with van der Waals surface area (Å²) in [6.45, 7) is 8.36. The van der Waals surface area contributed by atoms with Gasteiger partial charge in [-0.05, 0) is 44.4 Å². The van der Waals surface area contributed by atoms with Crippen molar-refractivity contribution < 1.29 is 14.6 Å². The van der Waals surface area contributed by atoms with E-state index in [-0.39, 0.29) is 0 Å². The number of thioether (sulfide) groups is 1. The third-order valence-corrected chi connectivity index (χ3v) is 6.04. The van der Waals surface area contributed by atoms with E-state index in [2.05, 4.69) is 0 Å². The number of methoxy groups -OCH3 is 2. The van der Waals surface area contributed by atoms with E-state index in [1.807, 2.05) is 25.7 Å². The summed E-state index contributed by atoms with van der Waals surface area (Å²) in [6.07, 6.45) is 0. The highest BCUT2D eigenvalue weighted by Crippen LogP contribution is 2.41. The molecular weight excluding hydrogens is 318 g/mol. The molecule has 1 atom stereocenters. The minimum atomic E-state index is -0.939. The number of nitrogens with zero attached hydrogens (tertiary/aromatic N) is 1. The summed E-state index contributed by atoms with van der Waals surface area (Å²) in [6, 6.07) is 0. The van der Waals surface area contributed by atoms with Crippen LogP contribution in [-0.2, 0) is 6.54 Å². The van der Waals surface area contributed by atoms with Gasteiger partial charge in [-0.1, -0.05) is 24.0 Å². The van der Waals surface area contributed by atoms with Gasteiger partial charge in [-0.3, -0.25) is 0 Å². The highest BCUT2D eigenvalue weighted by Gasteiger charge is 2.39. The predicted molar refractivity (Wildman–Crippen MR) is 95.0 cm³/mol. The normalized spacial score (nSPS) is 21.4. The Labute approximate surface area is 141 Å². The molecule has 0 aromatic heterocycles. The number of ether oxygens (including phenoxy) is 2. The Kier molecular flexibility index (Phi) is 4.94. The van der Waals surface area contributed by atoms with Crippen molar-refractivity contribution >= 4 is 28.3 Å². The van der Waals surface area contributed by atoms with Gasteiger partial charge in [-0.15, -0.1) is 0 Å². The maximum Gasteiger partial charge on any atom is 0.145 e. The summed E-state index contributed by atoms with van der Waals surface area (Å²) >= 11 is 6.89. The van der Waals surface area contributed by atoms with Crippen molar-refractivity contribution in [3.63, 3.8) is 0 Å². The molecule has 122 valence electrons. The van der Waals surface area contributed by atoms with E-state index in [1.165, 1.54) is 11.8 Å². The van der Waals surface area contributed by atoms with Crippen LogP contribution in [0.3, 0.4) is 0 Å². The molecule has 0 radical (unpaired) electrons. The number of rotatable bonds is 4. The lowest BCUT2D eigenvalue weighted by Crippen LogP contribution is -2.44.